The van der Waals surface area contributed by atoms with Crippen LogP contribution in [0, 0.1) is 0 Å². The van der Waals surface area contributed by atoms with Crippen molar-refractivity contribution in [1.29, 1.82) is 0 Å². The molecule has 1 N–H and O–H groups in total. The van der Waals surface area contributed by atoms with E-state index in [0.29, 0.717) is 0 Å². The molecule has 1 atom stereocenters. The molecule has 0 unspecified atom stereocenters. The molecule has 2 fully saturated rings. The Morgan fingerprint density at radius 2 is 1.94 bits per heavy atom. The number of hydrogen-bond acceptors (Lipinski definition) is 7. The van der Waals surface area contributed by atoms with Gasteiger partial charge in [-0.15, -0.1) is 0 Å². The lowest BCUT2D eigenvalue weighted by Gasteiger charge is -2.41. The van der Waals surface area contributed by atoms with Crippen LogP contribution < -0.4 is 5.32 Å². The van der Waals surface area contributed by atoms with Crippen molar-refractivity contribution in [2.75, 3.05) is 39.0 Å². The Hall–Kier alpha value is -2.28. The second kappa shape index (κ2) is 8.93. The molecule has 3 rings (SSSR count). The number of alkyl halides is 3. The van der Waals surface area contributed by atoms with Crippen LogP contribution in [0.4, 0.5) is 18.0 Å². The number of ether oxygens (including phenoxy) is 1. The molecule has 1 aliphatic carbocycles. The van der Waals surface area contributed by atoms with Crippen LogP contribution in [-0.2, 0) is 23.8 Å². The predicted molar refractivity (Wildman–Crippen MR) is 107 cm³/mol. The van der Waals surface area contributed by atoms with Gasteiger partial charge in [0.2, 0.25) is 5.91 Å². The van der Waals surface area contributed by atoms with Gasteiger partial charge in [0.05, 0.1) is 31.5 Å². The monoisotopic (exact) mass is 481 g/mol. The number of hydrogen-bond donors (Lipinski definition) is 1. The number of allylic oxidation sites excluding steroid dienone is 4. The van der Waals surface area contributed by atoms with E-state index in [1.807, 2.05) is 0 Å². The maximum atomic E-state index is 14.9. The zero-order valence-corrected chi connectivity index (χ0v) is 18.6. The lowest BCUT2D eigenvalue weighted by Crippen LogP contribution is -2.47. The number of cyclic esters (lactones) is 1. The van der Waals surface area contributed by atoms with Crippen molar-refractivity contribution < 1.29 is 40.1 Å². The van der Waals surface area contributed by atoms with E-state index in [1.165, 1.54) is 24.0 Å². The van der Waals surface area contributed by atoms with Gasteiger partial charge in [-0.3, -0.25) is 13.9 Å². The van der Waals surface area contributed by atoms with Crippen molar-refractivity contribution in [2.45, 2.75) is 43.9 Å². The van der Waals surface area contributed by atoms with E-state index in [-0.39, 0.29) is 56.3 Å². The Morgan fingerprint density at radius 1 is 1.28 bits per heavy atom. The third-order valence-corrected chi connectivity index (χ3v) is 6.09. The standard InChI is InChI=1S/C19H26F3N3O6S/c1-13(26)23-10-15-11-25(17(27)31-15)14-3-4-16(19(21,22)9-14)24-7-5-18(20,6-8-24)12-30-32(2,28)29/h3-4,15H,5-12H2,1-2H3,(H,23,26)/t15-/m0/s1. The van der Waals surface area contributed by atoms with Gasteiger partial charge in [0, 0.05) is 38.6 Å². The highest BCUT2D eigenvalue weighted by molar-refractivity contribution is 7.85. The molecule has 180 valence electrons. The highest BCUT2D eigenvalue weighted by Gasteiger charge is 2.46. The van der Waals surface area contributed by atoms with Crippen LogP contribution in [0.5, 0.6) is 0 Å². The number of rotatable bonds is 7. The highest BCUT2D eigenvalue weighted by Crippen LogP contribution is 2.41. The summed E-state index contributed by atoms with van der Waals surface area (Å²) in [4.78, 5) is 25.6. The maximum Gasteiger partial charge on any atom is 0.414 e. The van der Waals surface area contributed by atoms with Crippen molar-refractivity contribution >= 4 is 22.1 Å². The molecule has 9 nitrogen and oxygen atoms in total. The van der Waals surface area contributed by atoms with Crippen LogP contribution in [0.1, 0.15) is 26.2 Å². The molecule has 2 saturated heterocycles. The molecule has 0 bridgehead atoms. The predicted octanol–water partition coefficient (Wildman–Crippen LogP) is 1.53. The van der Waals surface area contributed by atoms with Crippen molar-refractivity contribution in [3.05, 3.63) is 23.5 Å². The van der Waals surface area contributed by atoms with Gasteiger partial charge in [0.1, 0.15) is 18.4 Å². The van der Waals surface area contributed by atoms with Crippen molar-refractivity contribution in [1.82, 2.24) is 15.1 Å². The van der Waals surface area contributed by atoms with E-state index in [0.717, 1.165) is 11.2 Å². The summed E-state index contributed by atoms with van der Waals surface area (Å²) in [5.41, 5.74) is -2.10. The number of carbonyl (C=O) groups excluding carboxylic acids is 2. The maximum absolute atomic E-state index is 14.9. The van der Waals surface area contributed by atoms with Crippen LogP contribution >= 0.6 is 0 Å². The summed E-state index contributed by atoms with van der Waals surface area (Å²) < 4.78 is 76.5. The third kappa shape index (κ3) is 5.94. The molecule has 2 heterocycles. The number of nitrogens with zero attached hydrogens (tertiary/aromatic N) is 2. The van der Waals surface area contributed by atoms with Crippen LogP contribution in [0.3, 0.4) is 0 Å². The second-order valence-electron chi connectivity index (χ2n) is 8.25. The van der Waals surface area contributed by atoms with Gasteiger partial charge >= 0.3 is 6.09 Å². The Bertz CT molecular complexity index is 929. The van der Waals surface area contributed by atoms with Crippen LogP contribution in [-0.4, -0.2) is 87.0 Å². The minimum atomic E-state index is -3.80. The molecular weight excluding hydrogens is 455 g/mol. The van der Waals surface area contributed by atoms with Gasteiger partial charge < -0.3 is 15.0 Å². The minimum absolute atomic E-state index is 0.0290. The molecule has 0 spiro atoms. The van der Waals surface area contributed by atoms with Gasteiger partial charge in [-0.25, -0.2) is 9.18 Å². The Balaban J connectivity index is 1.64. The fourth-order valence-corrected chi connectivity index (χ4v) is 4.25. The van der Waals surface area contributed by atoms with Gasteiger partial charge in [-0.05, 0) is 12.2 Å². The van der Waals surface area contributed by atoms with E-state index in [9.17, 15) is 31.2 Å². The van der Waals surface area contributed by atoms with Crippen LogP contribution in [0.15, 0.2) is 23.5 Å². The lowest BCUT2D eigenvalue weighted by molar-refractivity contribution is -0.119. The van der Waals surface area contributed by atoms with Gasteiger partial charge in [-0.2, -0.15) is 17.2 Å². The first-order valence-corrected chi connectivity index (χ1v) is 11.9. The van der Waals surface area contributed by atoms with Gasteiger partial charge in [-0.1, -0.05) is 0 Å². The molecule has 0 aromatic heterocycles. The highest BCUT2D eigenvalue weighted by atomic mass is 32.2. The number of piperidine rings is 1. The largest absolute Gasteiger partial charge is 0.442 e. The molecule has 0 radical (unpaired) electrons. The van der Waals surface area contributed by atoms with E-state index in [4.69, 9.17) is 4.74 Å². The summed E-state index contributed by atoms with van der Waals surface area (Å²) in [6.07, 6.45) is 1.01. The topological polar surface area (TPSA) is 105 Å². The molecular formula is C19H26F3N3O6S. The number of halogens is 3. The SMILES string of the molecule is CC(=O)NC[C@H]1CN(C2=CC=C(N3CCC(F)(COS(C)(=O)=O)CC3)C(F)(F)C2)C(=O)O1. The normalized spacial score (nSPS) is 25.2. The fraction of sp³-hybridized carbons (Fsp3) is 0.684. The molecule has 0 saturated carbocycles. The van der Waals surface area contributed by atoms with Crippen molar-refractivity contribution in [3.63, 3.8) is 0 Å². The zero-order valence-electron chi connectivity index (χ0n) is 17.8. The number of carbonyl (C=O) groups is 2. The average Bonchev–Trinajstić information content (AvgIpc) is 3.05. The number of amides is 2. The van der Waals surface area contributed by atoms with Crippen molar-refractivity contribution in [3.8, 4) is 0 Å². The molecule has 0 aromatic carbocycles. The fourth-order valence-electron chi connectivity index (χ4n) is 3.82. The lowest BCUT2D eigenvalue weighted by atomic mass is 9.92. The van der Waals surface area contributed by atoms with Gasteiger partial charge in [0.25, 0.3) is 16.0 Å². The Kier molecular flexibility index (Phi) is 6.80. The van der Waals surface area contributed by atoms with E-state index in [1.54, 1.807) is 0 Å². The number of likely N-dealkylation sites (tertiary alicyclic amines) is 1. The quantitative estimate of drug-likeness (QED) is 0.550. The third-order valence-electron chi connectivity index (χ3n) is 5.54. The Labute approximate surface area is 184 Å². The second-order valence-corrected chi connectivity index (χ2v) is 9.89. The Morgan fingerprint density at radius 3 is 2.50 bits per heavy atom. The summed E-state index contributed by atoms with van der Waals surface area (Å²) >= 11 is 0. The summed E-state index contributed by atoms with van der Waals surface area (Å²) in [6, 6.07) is 0. The molecule has 32 heavy (non-hydrogen) atoms. The zero-order chi connectivity index (χ0) is 23.7. The summed E-state index contributed by atoms with van der Waals surface area (Å²) in [5.74, 6) is -3.59. The van der Waals surface area contributed by atoms with E-state index < -0.39 is 46.9 Å². The minimum Gasteiger partial charge on any atom is -0.442 e. The smallest absolute Gasteiger partial charge is 0.414 e. The molecule has 3 aliphatic rings. The van der Waals surface area contributed by atoms with Crippen molar-refractivity contribution in [2.24, 2.45) is 0 Å². The molecule has 2 aliphatic heterocycles. The summed E-state index contributed by atoms with van der Waals surface area (Å²) in [6.45, 7) is 0.744. The first kappa shape index (κ1) is 24.4. The summed E-state index contributed by atoms with van der Waals surface area (Å²) in [5, 5.41) is 2.52. The van der Waals surface area contributed by atoms with Crippen LogP contribution in [0.25, 0.3) is 0 Å². The molecule has 0 aromatic rings. The van der Waals surface area contributed by atoms with Gasteiger partial charge in [0.15, 0.2) is 0 Å². The first-order valence-electron chi connectivity index (χ1n) is 10.1. The average molecular weight is 481 g/mol. The first-order chi connectivity index (χ1) is 14.8. The molecule has 13 heteroatoms. The molecule has 2 amide bonds. The van der Waals surface area contributed by atoms with E-state index in [2.05, 4.69) is 9.50 Å². The number of nitrogens with one attached hydrogen (secondary N) is 1. The summed E-state index contributed by atoms with van der Waals surface area (Å²) in [7, 11) is -3.80. The van der Waals surface area contributed by atoms with Crippen LogP contribution in [0.2, 0.25) is 0 Å². The van der Waals surface area contributed by atoms with E-state index >= 15 is 0 Å².